The first-order valence-corrected chi connectivity index (χ1v) is 11.3. The van der Waals surface area contributed by atoms with Gasteiger partial charge < -0.3 is 9.64 Å². The summed E-state index contributed by atoms with van der Waals surface area (Å²) in [5, 5.41) is -0.237. The van der Waals surface area contributed by atoms with Crippen molar-refractivity contribution in [3.63, 3.8) is 0 Å². The van der Waals surface area contributed by atoms with Gasteiger partial charge in [-0.05, 0) is 67.6 Å². The van der Waals surface area contributed by atoms with Crippen LogP contribution in [0.5, 0.6) is 0 Å². The Balaban J connectivity index is 1.12. The van der Waals surface area contributed by atoms with Crippen molar-refractivity contribution in [3.8, 4) is 0 Å². The van der Waals surface area contributed by atoms with Crippen LogP contribution in [-0.4, -0.2) is 36.5 Å². The Hall–Kier alpha value is -1.76. The van der Waals surface area contributed by atoms with E-state index in [9.17, 15) is 22.8 Å². The zero-order valence-electron chi connectivity index (χ0n) is 17.1. The molecule has 2 heterocycles. The number of rotatable bonds is 2. The molecular formula is C23H25ClF3NO3. The quantitative estimate of drug-likeness (QED) is 0.577. The Bertz CT molecular complexity index is 909. The number of nitrogens with zero attached hydrogens (tertiary/aromatic N) is 1. The Kier molecular flexibility index (Phi) is 4.85. The number of carbonyl (C=O) groups excluding carboxylic acids is 2. The van der Waals surface area contributed by atoms with Crippen molar-refractivity contribution >= 4 is 23.5 Å². The van der Waals surface area contributed by atoms with Gasteiger partial charge in [0.15, 0.2) is 0 Å². The summed E-state index contributed by atoms with van der Waals surface area (Å²) < 4.78 is 43.8. The summed E-state index contributed by atoms with van der Waals surface area (Å²) in [6, 6.07) is 4.09. The molecule has 1 aromatic carbocycles. The van der Waals surface area contributed by atoms with Gasteiger partial charge in [0, 0.05) is 24.4 Å². The third-order valence-electron chi connectivity index (χ3n) is 8.03. The molecule has 0 aromatic heterocycles. The van der Waals surface area contributed by atoms with E-state index in [2.05, 4.69) is 0 Å². The molecule has 0 unspecified atom stereocenters. The van der Waals surface area contributed by atoms with E-state index in [-0.39, 0.29) is 39.6 Å². The van der Waals surface area contributed by atoms with Gasteiger partial charge >= 0.3 is 12.1 Å². The molecule has 5 rings (SSSR count). The molecule has 0 atom stereocenters. The van der Waals surface area contributed by atoms with Gasteiger partial charge in [0.25, 0.3) is 0 Å². The molecule has 1 amide bonds. The lowest BCUT2D eigenvalue weighted by Crippen LogP contribution is -2.52. The first-order valence-electron chi connectivity index (χ1n) is 10.9. The van der Waals surface area contributed by atoms with Crippen LogP contribution in [0.15, 0.2) is 18.2 Å². The third-order valence-corrected chi connectivity index (χ3v) is 8.34. The summed E-state index contributed by atoms with van der Waals surface area (Å²) in [6.45, 7) is 1.92. The highest BCUT2D eigenvalue weighted by molar-refractivity contribution is 6.31. The van der Waals surface area contributed by atoms with Crippen molar-refractivity contribution < 1.29 is 27.5 Å². The number of hydrogen-bond donors (Lipinski definition) is 0. The monoisotopic (exact) mass is 455 g/mol. The zero-order valence-corrected chi connectivity index (χ0v) is 17.9. The first-order chi connectivity index (χ1) is 14.6. The van der Waals surface area contributed by atoms with E-state index >= 15 is 0 Å². The summed E-state index contributed by atoms with van der Waals surface area (Å²) in [6.07, 6.45) is 1.23. The highest BCUT2D eigenvalue weighted by atomic mass is 35.5. The van der Waals surface area contributed by atoms with Crippen LogP contribution >= 0.6 is 11.6 Å². The maximum absolute atomic E-state index is 12.9. The number of hydrogen-bond acceptors (Lipinski definition) is 3. The number of piperidine rings is 1. The van der Waals surface area contributed by atoms with Crippen molar-refractivity contribution in [2.75, 3.05) is 19.7 Å². The highest BCUT2D eigenvalue weighted by Crippen LogP contribution is 2.58. The fraction of sp³-hybridized carbons (Fsp3) is 0.652. The zero-order chi connectivity index (χ0) is 22.0. The Morgan fingerprint density at radius 2 is 1.77 bits per heavy atom. The highest BCUT2D eigenvalue weighted by Gasteiger charge is 2.54. The van der Waals surface area contributed by atoms with Crippen LogP contribution in [0.4, 0.5) is 13.2 Å². The number of halogens is 4. The van der Waals surface area contributed by atoms with Crippen molar-refractivity contribution in [1.82, 2.24) is 4.90 Å². The molecule has 0 radical (unpaired) electrons. The van der Waals surface area contributed by atoms with Crippen LogP contribution in [0.1, 0.15) is 62.0 Å². The normalized spacial score (nSPS) is 25.4. The second-order valence-corrected chi connectivity index (χ2v) is 10.5. The largest absolute Gasteiger partial charge is 0.465 e. The predicted octanol–water partition coefficient (Wildman–Crippen LogP) is 5.19. The minimum absolute atomic E-state index is 0.00646. The lowest BCUT2D eigenvalue weighted by Gasteiger charge is -2.53. The minimum atomic E-state index is -4.43. The maximum Gasteiger partial charge on any atom is 0.417 e. The van der Waals surface area contributed by atoms with Crippen LogP contribution in [0.2, 0.25) is 5.02 Å². The lowest BCUT2D eigenvalue weighted by molar-refractivity contribution is -0.147. The second-order valence-electron chi connectivity index (χ2n) is 10.1. The standard InChI is InChI=1S/C23H25ClF3NO3/c24-18-7-14(1-2-17(18)23(25,26)27)15-8-21(9-15)3-5-28(6-4-21)20(30)16-10-22(11-16)12-19(29)31-13-22/h1-2,7,15-16H,3-6,8-13H2. The number of carbonyl (C=O) groups is 2. The van der Waals surface area contributed by atoms with Gasteiger partial charge in [0.1, 0.15) is 0 Å². The number of alkyl halides is 3. The third kappa shape index (κ3) is 3.73. The Labute approximate surface area is 184 Å². The molecule has 2 spiro atoms. The smallest absolute Gasteiger partial charge is 0.417 e. The number of cyclic esters (lactones) is 1. The molecule has 168 valence electrons. The maximum atomic E-state index is 12.9. The molecule has 1 aromatic rings. The first kappa shape index (κ1) is 21.1. The topological polar surface area (TPSA) is 46.6 Å². The molecule has 2 aliphatic carbocycles. The van der Waals surface area contributed by atoms with E-state index in [1.165, 1.54) is 6.07 Å². The van der Waals surface area contributed by atoms with Crippen molar-refractivity contribution in [2.24, 2.45) is 16.7 Å². The van der Waals surface area contributed by atoms with E-state index in [1.54, 1.807) is 6.07 Å². The SMILES string of the molecule is O=C1CC2(CO1)CC(C(=O)N1CCC3(CC1)CC(c1ccc(C(F)(F)F)c(Cl)c1)C3)C2. The summed E-state index contributed by atoms with van der Waals surface area (Å²) in [7, 11) is 0. The lowest BCUT2D eigenvalue weighted by atomic mass is 9.55. The van der Waals surface area contributed by atoms with E-state index in [0.717, 1.165) is 63.2 Å². The summed E-state index contributed by atoms with van der Waals surface area (Å²) in [5.74, 6) is 0.283. The van der Waals surface area contributed by atoms with Crippen LogP contribution in [0.25, 0.3) is 0 Å². The summed E-state index contributed by atoms with van der Waals surface area (Å²) in [4.78, 5) is 26.2. The Morgan fingerprint density at radius 3 is 2.32 bits per heavy atom. The van der Waals surface area contributed by atoms with Crippen molar-refractivity contribution in [2.45, 2.75) is 57.0 Å². The van der Waals surface area contributed by atoms with Crippen LogP contribution in [-0.2, 0) is 20.5 Å². The van der Waals surface area contributed by atoms with E-state index in [4.69, 9.17) is 16.3 Å². The average Bonchev–Trinajstić information content (AvgIpc) is 3.05. The molecule has 4 aliphatic rings. The second kappa shape index (κ2) is 7.12. The molecule has 2 saturated carbocycles. The number of benzene rings is 1. The van der Waals surface area contributed by atoms with Gasteiger partial charge in [-0.1, -0.05) is 17.7 Å². The predicted molar refractivity (Wildman–Crippen MR) is 107 cm³/mol. The molecular weight excluding hydrogens is 431 g/mol. The van der Waals surface area contributed by atoms with Crippen molar-refractivity contribution in [1.29, 1.82) is 0 Å². The van der Waals surface area contributed by atoms with Gasteiger partial charge in [-0.25, -0.2) is 0 Å². The van der Waals surface area contributed by atoms with Gasteiger partial charge in [0.05, 0.1) is 23.6 Å². The van der Waals surface area contributed by atoms with E-state index in [0.29, 0.717) is 13.0 Å². The number of likely N-dealkylation sites (tertiary alicyclic amines) is 1. The average molecular weight is 456 g/mol. The van der Waals surface area contributed by atoms with Crippen LogP contribution in [0.3, 0.4) is 0 Å². The number of amides is 1. The van der Waals surface area contributed by atoms with Crippen LogP contribution in [0, 0.1) is 16.7 Å². The molecule has 4 fully saturated rings. The molecule has 2 saturated heterocycles. The Morgan fingerprint density at radius 1 is 1.10 bits per heavy atom. The number of ether oxygens (including phenoxy) is 1. The fourth-order valence-corrected chi connectivity index (χ4v) is 6.46. The molecule has 4 nitrogen and oxygen atoms in total. The van der Waals surface area contributed by atoms with E-state index in [1.807, 2.05) is 4.90 Å². The van der Waals surface area contributed by atoms with Crippen LogP contribution < -0.4 is 0 Å². The number of esters is 1. The van der Waals surface area contributed by atoms with Crippen molar-refractivity contribution in [3.05, 3.63) is 34.3 Å². The van der Waals surface area contributed by atoms with Gasteiger partial charge in [0.2, 0.25) is 5.91 Å². The summed E-state index contributed by atoms with van der Waals surface area (Å²) in [5.41, 5.74) is 0.169. The molecule has 0 bridgehead atoms. The molecule has 2 aliphatic heterocycles. The van der Waals surface area contributed by atoms with Gasteiger partial charge in [-0.3, -0.25) is 9.59 Å². The summed E-state index contributed by atoms with van der Waals surface area (Å²) >= 11 is 5.88. The molecule has 8 heteroatoms. The van der Waals surface area contributed by atoms with Gasteiger partial charge in [-0.2, -0.15) is 13.2 Å². The minimum Gasteiger partial charge on any atom is -0.465 e. The molecule has 31 heavy (non-hydrogen) atoms. The molecule has 0 N–H and O–H groups in total. The fourth-order valence-electron chi connectivity index (χ4n) is 6.17. The van der Waals surface area contributed by atoms with E-state index < -0.39 is 11.7 Å². The van der Waals surface area contributed by atoms with Gasteiger partial charge in [-0.15, -0.1) is 0 Å².